The lowest BCUT2D eigenvalue weighted by molar-refractivity contribution is -0.130. The van der Waals surface area contributed by atoms with Crippen LogP contribution in [0.4, 0.5) is 0 Å². The molecule has 1 aromatic heterocycles. The monoisotopic (exact) mass is 372 g/mol. The average molecular weight is 373 g/mol. The first kappa shape index (κ1) is 18.4. The number of halogens is 1. The van der Waals surface area contributed by atoms with Crippen LogP contribution in [0.5, 0.6) is 5.88 Å². The lowest BCUT2D eigenvalue weighted by Crippen LogP contribution is -2.31. The molecule has 136 valence electrons. The summed E-state index contributed by atoms with van der Waals surface area (Å²) in [6.07, 6.45) is 2.88. The van der Waals surface area contributed by atoms with E-state index in [1.165, 1.54) is 0 Å². The number of pyridine rings is 1. The molecule has 3 rings (SSSR count). The summed E-state index contributed by atoms with van der Waals surface area (Å²) in [4.78, 5) is 30.5. The van der Waals surface area contributed by atoms with Crippen LogP contribution in [-0.2, 0) is 4.79 Å². The number of ketones is 1. The number of rotatable bonds is 6. The predicted molar refractivity (Wildman–Crippen MR) is 99.6 cm³/mol. The maximum Gasteiger partial charge on any atom is 0.223 e. The van der Waals surface area contributed by atoms with Crippen molar-refractivity contribution in [2.75, 3.05) is 13.1 Å². The van der Waals surface area contributed by atoms with Crippen molar-refractivity contribution in [3.63, 3.8) is 0 Å². The van der Waals surface area contributed by atoms with E-state index in [4.69, 9.17) is 16.3 Å². The first-order valence-corrected chi connectivity index (χ1v) is 9.05. The molecule has 1 saturated heterocycles. The van der Waals surface area contributed by atoms with Crippen molar-refractivity contribution in [2.45, 2.75) is 32.3 Å². The Labute approximate surface area is 157 Å². The zero-order valence-corrected chi connectivity index (χ0v) is 15.4. The van der Waals surface area contributed by atoms with Gasteiger partial charge in [-0.05, 0) is 36.8 Å². The van der Waals surface area contributed by atoms with Gasteiger partial charge in [0, 0.05) is 48.7 Å². The number of hydrogen-bond acceptors (Lipinski definition) is 4. The van der Waals surface area contributed by atoms with Gasteiger partial charge in [0.05, 0.1) is 6.54 Å². The molecule has 1 amide bonds. The first-order chi connectivity index (χ1) is 12.5. The average Bonchev–Trinajstić information content (AvgIpc) is 3.10. The fourth-order valence-electron chi connectivity index (χ4n) is 2.90. The van der Waals surface area contributed by atoms with Gasteiger partial charge in [0.25, 0.3) is 0 Å². The van der Waals surface area contributed by atoms with E-state index < -0.39 is 0 Å². The first-order valence-electron chi connectivity index (χ1n) is 8.67. The summed E-state index contributed by atoms with van der Waals surface area (Å²) in [5.41, 5.74) is 1.65. The SMILES string of the molecule is Cc1ccc(OC2CCN(C(=O)CCC(=O)c3ccc(Cl)cc3)C2)nc1. The number of aryl methyl sites for hydroxylation is 1. The number of carbonyl (C=O) groups excluding carboxylic acids is 2. The standard InChI is InChI=1S/C20H21ClN2O3/c1-14-2-8-19(22-12-14)26-17-10-11-23(13-17)20(25)9-7-18(24)15-3-5-16(21)6-4-15/h2-6,8,12,17H,7,9-11,13H2,1H3. The van der Waals surface area contributed by atoms with Crippen LogP contribution in [0.15, 0.2) is 42.6 Å². The van der Waals surface area contributed by atoms with Gasteiger partial charge in [-0.25, -0.2) is 4.98 Å². The van der Waals surface area contributed by atoms with Crippen molar-refractivity contribution in [3.8, 4) is 5.88 Å². The number of hydrogen-bond donors (Lipinski definition) is 0. The Morgan fingerprint density at radius 1 is 1.19 bits per heavy atom. The second kappa shape index (κ2) is 8.32. The normalized spacial score (nSPS) is 16.5. The fraction of sp³-hybridized carbons (Fsp3) is 0.350. The van der Waals surface area contributed by atoms with Gasteiger partial charge in [-0.1, -0.05) is 17.7 Å². The summed E-state index contributed by atoms with van der Waals surface area (Å²) in [5, 5.41) is 0.587. The Morgan fingerprint density at radius 3 is 2.65 bits per heavy atom. The summed E-state index contributed by atoms with van der Waals surface area (Å²) < 4.78 is 5.83. The Kier molecular flexibility index (Phi) is 5.89. The summed E-state index contributed by atoms with van der Waals surface area (Å²) in [6, 6.07) is 10.5. The molecular weight excluding hydrogens is 352 g/mol. The molecular formula is C20H21ClN2O3. The van der Waals surface area contributed by atoms with E-state index in [1.807, 2.05) is 19.1 Å². The van der Waals surface area contributed by atoms with Gasteiger partial charge >= 0.3 is 0 Å². The third kappa shape index (κ3) is 4.82. The largest absolute Gasteiger partial charge is 0.472 e. The van der Waals surface area contributed by atoms with Crippen LogP contribution in [0.25, 0.3) is 0 Å². The molecule has 1 fully saturated rings. The number of Topliss-reactive ketones (excluding diaryl/α,β-unsaturated/α-hetero) is 1. The van der Waals surface area contributed by atoms with Gasteiger partial charge < -0.3 is 9.64 Å². The van der Waals surface area contributed by atoms with Crippen LogP contribution < -0.4 is 4.74 Å². The van der Waals surface area contributed by atoms with E-state index >= 15 is 0 Å². The van der Waals surface area contributed by atoms with Gasteiger partial charge in [-0.15, -0.1) is 0 Å². The predicted octanol–water partition coefficient (Wildman–Crippen LogP) is 3.69. The Balaban J connectivity index is 1.46. The molecule has 0 spiro atoms. The molecule has 1 aromatic carbocycles. The molecule has 0 aliphatic carbocycles. The van der Waals surface area contributed by atoms with Crippen molar-refractivity contribution in [2.24, 2.45) is 0 Å². The Morgan fingerprint density at radius 2 is 1.96 bits per heavy atom. The lowest BCUT2D eigenvalue weighted by Gasteiger charge is -2.17. The number of carbonyl (C=O) groups is 2. The molecule has 2 aromatic rings. The Hall–Kier alpha value is -2.40. The lowest BCUT2D eigenvalue weighted by atomic mass is 10.1. The van der Waals surface area contributed by atoms with Gasteiger partial charge in [-0.2, -0.15) is 0 Å². The van der Waals surface area contributed by atoms with Crippen molar-refractivity contribution in [1.29, 1.82) is 0 Å². The van der Waals surface area contributed by atoms with Crippen LogP contribution in [0, 0.1) is 6.92 Å². The van der Waals surface area contributed by atoms with E-state index in [0.717, 1.165) is 12.0 Å². The number of nitrogens with zero attached hydrogens (tertiary/aromatic N) is 2. The van der Waals surface area contributed by atoms with Crippen molar-refractivity contribution >= 4 is 23.3 Å². The molecule has 0 saturated carbocycles. The maximum absolute atomic E-state index is 12.4. The van der Waals surface area contributed by atoms with Crippen LogP contribution in [0.3, 0.4) is 0 Å². The third-order valence-electron chi connectivity index (χ3n) is 4.40. The minimum Gasteiger partial charge on any atom is -0.472 e. The van der Waals surface area contributed by atoms with Crippen LogP contribution >= 0.6 is 11.6 Å². The molecule has 0 N–H and O–H groups in total. The summed E-state index contributed by atoms with van der Waals surface area (Å²) in [5.74, 6) is 0.508. The smallest absolute Gasteiger partial charge is 0.223 e. The fourth-order valence-corrected chi connectivity index (χ4v) is 3.03. The number of likely N-dealkylation sites (tertiary alicyclic amines) is 1. The van der Waals surface area contributed by atoms with Gasteiger partial charge in [-0.3, -0.25) is 9.59 Å². The minimum absolute atomic E-state index is 0.0183. The molecule has 2 heterocycles. The third-order valence-corrected chi connectivity index (χ3v) is 4.65. The van der Waals surface area contributed by atoms with E-state index in [1.54, 1.807) is 35.4 Å². The highest BCUT2D eigenvalue weighted by molar-refractivity contribution is 6.30. The van der Waals surface area contributed by atoms with Crippen molar-refractivity contribution in [1.82, 2.24) is 9.88 Å². The Bertz CT molecular complexity index is 775. The number of ether oxygens (including phenoxy) is 1. The molecule has 1 atom stereocenters. The second-order valence-electron chi connectivity index (χ2n) is 6.47. The van der Waals surface area contributed by atoms with Crippen molar-refractivity contribution < 1.29 is 14.3 Å². The highest BCUT2D eigenvalue weighted by atomic mass is 35.5. The van der Waals surface area contributed by atoms with Crippen LogP contribution in [0.2, 0.25) is 5.02 Å². The minimum atomic E-state index is -0.0545. The summed E-state index contributed by atoms with van der Waals surface area (Å²) in [7, 11) is 0. The zero-order valence-electron chi connectivity index (χ0n) is 14.7. The van der Waals surface area contributed by atoms with Gasteiger partial charge in [0.15, 0.2) is 5.78 Å². The van der Waals surface area contributed by atoms with E-state index in [-0.39, 0.29) is 30.6 Å². The van der Waals surface area contributed by atoms with Crippen LogP contribution in [0.1, 0.15) is 35.2 Å². The number of aromatic nitrogens is 1. The highest BCUT2D eigenvalue weighted by Crippen LogP contribution is 2.18. The molecule has 0 bridgehead atoms. The number of benzene rings is 1. The summed E-state index contributed by atoms with van der Waals surface area (Å²) >= 11 is 5.82. The van der Waals surface area contributed by atoms with Crippen molar-refractivity contribution in [3.05, 3.63) is 58.7 Å². The quantitative estimate of drug-likeness (QED) is 0.725. The maximum atomic E-state index is 12.4. The van der Waals surface area contributed by atoms with Crippen LogP contribution in [-0.4, -0.2) is 40.8 Å². The molecule has 1 aliphatic rings. The highest BCUT2D eigenvalue weighted by Gasteiger charge is 2.28. The molecule has 1 aliphatic heterocycles. The number of amides is 1. The van der Waals surface area contributed by atoms with E-state index in [0.29, 0.717) is 29.6 Å². The van der Waals surface area contributed by atoms with Gasteiger partial charge in [0.1, 0.15) is 6.10 Å². The summed E-state index contributed by atoms with van der Waals surface area (Å²) in [6.45, 7) is 3.14. The molecule has 0 radical (unpaired) electrons. The zero-order chi connectivity index (χ0) is 18.5. The topological polar surface area (TPSA) is 59.5 Å². The van der Waals surface area contributed by atoms with E-state index in [9.17, 15) is 9.59 Å². The molecule has 1 unspecified atom stereocenters. The van der Waals surface area contributed by atoms with E-state index in [2.05, 4.69) is 4.98 Å². The molecule has 26 heavy (non-hydrogen) atoms. The molecule has 6 heteroatoms. The second-order valence-corrected chi connectivity index (χ2v) is 6.91. The van der Waals surface area contributed by atoms with Gasteiger partial charge in [0.2, 0.25) is 11.8 Å². The molecule has 5 nitrogen and oxygen atoms in total.